The van der Waals surface area contributed by atoms with Crippen molar-refractivity contribution < 1.29 is 28.0 Å². The second kappa shape index (κ2) is 8.50. The summed E-state index contributed by atoms with van der Waals surface area (Å²) in [6, 6.07) is 8.04. The van der Waals surface area contributed by atoms with Crippen molar-refractivity contribution in [2.75, 3.05) is 13.7 Å². The van der Waals surface area contributed by atoms with Gasteiger partial charge in [0.25, 0.3) is 0 Å². The van der Waals surface area contributed by atoms with Crippen LogP contribution < -0.4 is 22.9 Å². The highest BCUT2D eigenvalue weighted by Gasteiger charge is 2.30. The Balaban J connectivity index is 0.00000200. The fourth-order valence-corrected chi connectivity index (χ4v) is 3.19. The van der Waals surface area contributed by atoms with Gasteiger partial charge in [-0.25, -0.2) is 0 Å². The van der Waals surface area contributed by atoms with Crippen LogP contribution in [0.3, 0.4) is 0 Å². The Labute approximate surface area is 127 Å². The largest absolute Gasteiger partial charge is 1.00 e. The number of rotatable bonds is 5. The zero-order chi connectivity index (χ0) is 13.7. The average Bonchev–Trinajstić information content (AvgIpc) is 2.49. The molecule has 1 saturated carbocycles. The van der Waals surface area contributed by atoms with Crippen LogP contribution in [0.2, 0.25) is 0 Å². The molecule has 0 aliphatic heterocycles. The monoisotopic (exact) mass is 299 g/mol. The van der Waals surface area contributed by atoms with Crippen molar-refractivity contribution in [2.45, 2.75) is 44.1 Å². The Morgan fingerprint density at radius 3 is 2.30 bits per heavy atom. The molecule has 2 rings (SSSR count). The standard InChI is InChI=1S/C16H25NO2.ClH/c1-19-14-9-7-12(8-10-14)15(11-17)16(18)13-5-3-2-4-6-13;/h7-10,13,15-16,18H,2-6,11,17H2,1H3;1H. The molecule has 1 aromatic carbocycles. The molecule has 0 aromatic heterocycles. The summed E-state index contributed by atoms with van der Waals surface area (Å²) in [6.45, 7) is 0.740. The zero-order valence-corrected chi connectivity index (χ0v) is 13.0. The molecule has 3 nitrogen and oxygen atoms in total. The van der Waals surface area contributed by atoms with E-state index < -0.39 is 0 Å². The Hall–Kier alpha value is -0.770. The molecule has 2 unspecified atom stereocenters. The molecule has 4 heteroatoms. The van der Waals surface area contributed by atoms with Gasteiger partial charge in [0.1, 0.15) is 5.75 Å². The van der Waals surface area contributed by atoms with Gasteiger partial charge in [-0.1, -0.05) is 31.4 Å². The topological polar surface area (TPSA) is 57.1 Å². The molecule has 0 spiro atoms. The first kappa shape index (κ1) is 17.3. The van der Waals surface area contributed by atoms with E-state index >= 15 is 0 Å². The van der Waals surface area contributed by atoms with Crippen LogP contribution in [-0.2, 0) is 0 Å². The maximum atomic E-state index is 10.6. The number of benzene rings is 1. The van der Waals surface area contributed by atoms with Crippen molar-refractivity contribution >= 4 is 0 Å². The van der Waals surface area contributed by atoms with E-state index in [2.05, 4.69) is 17.9 Å². The van der Waals surface area contributed by atoms with Crippen LogP contribution in [0.4, 0.5) is 0 Å². The first-order chi connectivity index (χ1) is 9.26. The average molecular weight is 300 g/mol. The lowest BCUT2D eigenvalue weighted by atomic mass is 9.78. The number of methoxy groups -OCH3 is 1. The van der Waals surface area contributed by atoms with Gasteiger partial charge in [-0.05, 0) is 36.5 Å². The summed E-state index contributed by atoms with van der Waals surface area (Å²) in [5.41, 5.74) is 5.20. The van der Waals surface area contributed by atoms with Crippen molar-refractivity contribution in [3.05, 3.63) is 29.8 Å². The number of hydrogen-bond donors (Lipinski definition) is 2. The van der Waals surface area contributed by atoms with Crippen molar-refractivity contribution in [1.82, 2.24) is 0 Å². The first-order valence-electron chi connectivity index (χ1n) is 7.37. The van der Waals surface area contributed by atoms with Crippen LogP contribution in [0.25, 0.3) is 0 Å². The van der Waals surface area contributed by atoms with Crippen LogP contribution in [0, 0.1) is 5.92 Å². The fourth-order valence-electron chi connectivity index (χ4n) is 3.19. The number of quaternary nitrogens is 1. The molecule has 4 N–H and O–H groups in total. The van der Waals surface area contributed by atoms with E-state index in [9.17, 15) is 5.11 Å². The maximum absolute atomic E-state index is 10.6. The predicted octanol–water partition coefficient (Wildman–Crippen LogP) is -1.03. The van der Waals surface area contributed by atoms with Gasteiger partial charge in [0.15, 0.2) is 0 Å². The van der Waals surface area contributed by atoms with Crippen LogP contribution in [0.1, 0.15) is 43.6 Å². The highest BCUT2D eigenvalue weighted by atomic mass is 35.5. The van der Waals surface area contributed by atoms with Gasteiger partial charge in [-0.2, -0.15) is 0 Å². The van der Waals surface area contributed by atoms with E-state index in [1.54, 1.807) is 7.11 Å². The highest BCUT2D eigenvalue weighted by molar-refractivity contribution is 5.30. The summed E-state index contributed by atoms with van der Waals surface area (Å²) in [7, 11) is 1.67. The maximum Gasteiger partial charge on any atom is 0.118 e. The molecule has 0 saturated heterocycles. The van der Waals surface area contributed by atoms with E-state index in [0.717, 1.165) is 25.1 Å². The molecular formula is C16H26ClNO2. The van der Waals surface area contributed by atoms with E-state index in [0.29, 0.717) is 5.92 Å². The molecule has 1 fully saturated rings. The van der Waals surface area contributed by atoms with Crippen LogP contribution in [0.5, 0.6) is 5.75 Å². The summed E-state index contributed by atoms with van der Waals surface area (Å²) in [5, 5.41) is 10.6. The molecule has 114 valence electrons. The predicted molar refractivity (Wildman–Crippen MR) is 76.1 cm³/mol. The highest BCUT2D eigenvalue weighted by Crippen LogP contribution is 2.33. The van der Waals surface area contributed by atoms with Gasteiger partial charge >= 0.3 is 0 Å². The van der Waals surface area contributed by atoms with Gasteiger partial charge in [-0.3, -0.25) is 0 Å². The quantitative estimate of drug-likeness (QED) is 0.730. The molecule has 0 amide bonds. The minimum Gasteiger partial charge on any atom is -1.00 e. The van der Waals surface area contributed by atoms with Gasteiger partial charge in [-0.15, -0.1) is 0 Å². The van der Waals surface area contributed by atoms with E-state index in [1.165, 1.54) is 24.8 Å². The Morgan fingerprint density at radius 2 is 1.80 bits per heavy atom. The summed E-state index contributed by atoms with van der Waals surface area (Å²) < 4.78 is 5.18. The first-order valence-corrected chi connectivity index (χ1v) is 7.37. The van der Waals surface area contributed by atoms with E-state index in [4.69, 9.17) is 4.74 Å². The van der Waals surface area contributed by atoms with Gasteiger partial charge in [0.2, 0.25) is 0 Å². The van der Waals surface area contributed by atoms with Gasteiger partial charge in [0, 0.05) is 0 Å². The molecule has 1 aliphatic rings. The molecule has 20 heavy (non-hydrogen) atoms. The third-order valence-electron chi connectivity index (χ3n) is 4.40. The Morgan fingerprint density at radius 1 is 1.20 bits per heavy atom. The smallest absolute Gasteiger partial charge is 0.118 e. The summed E-state index contributed by atoms with van der Waals surface area (Å²) in [4.78, 5) is 0. The zero-order valence-electron chi connectivity index (χ0n) is 12.2. The minimum absolute atomic E-state index is 0. The molecular weight excluding hydrogens is 274 g/mol. The number of aliphatic hydroxyl groups is 1. The molecule has 1 aromatic rings. The summed E-state index contributed by atoms with van der Waals surface area (Å²) >= 11 is 0. The molecule has 0 radical (unpaired) electrons. The van der Waals surface area contributed by atoms with Gasteiger partial charge < -0.3 is 28.0 Å². The molecule has 0 heterocycles. The van der Waals surface area contributed by atoms with Crippen molar-refractivity contribution in [3.8, 4) is 5.75 Å². The molecule has 2 atom stereocenters. The SMILES string of the molecule is COc1ccc(C(C[NH3+])C(O)C2CCCCC2)cc1.[Cl-]. The lowest BCUT2D eigenvalue weighted by Gasteiger charge is -2.31. The summed E-state index contributed by atoms with van der Waals surface area (Å²) in [5.74, 6) is 1.45. The summed E-state index contributed by atoms with van der Waals surface area (Å²) in [6.07, 6.45) is 5.90. The second-order valence-electron chi connectivity index (χ2n) is 5.56. The fraction of sp³-hybridized carbons (Fsp3) is 0.625. The lowest BCUT2D eigenvalue weighted by Crippen LogP contribution is -3.00. The van der Waals surface area contributed by atoms with Crippen LogP contribution in [0.15, 0.2) is 24.3 Å². The van der Waals surface area contributed by atoms with Crippen molar-refractivity contribution in [3.63, 3.8) is 0 Å². The number of halogens is 1. The number of hydrogen-bond acceptors (Lipinski definition) is 2. The molecule has 1 aliphatic carbocycles. The Kier molecular flexibility index (Phi) is 7.35. The number of ether oxygens (including phenoxy) is 1. The Bertz CT molecular complexity index is 377. The molecule has 0 bridgehead atoms. The lowest BCUT2D eigenvalue weighted by molar-refractivity contribution is -0.376. The second-order valence-corrected chi connectivity index (χ2v) is 5.56. The van der Waals surface area contributed by atoms with Crippen LogP contribution in [-0.4, -0.2) is 24.9 Å². The normalized spacial score (nSPS) is 18.9. The van der Waals surface area contributed by atoms with E-state index in [-0.39, 0.29) is 24.4 Å². The minimum atomic E-state index is -0.258. The van der Waals surface area contributed by atoms with Crippen molar-refractivity contribution in [2.24, 2.45) is 5.92 Å². The van der Waals surface area contributed by atoms with Crippen molar-refractivity contribution in [1.29, 1.82) is 0 Å². The number of aliphatic hydroxyl groups excluding tert-OH is 1. The van der Waals surface area contributed by atoms with E-state index in [1.807, 2.05) is 12.1 Å². The third-order valence-corrected chi connectivity index (χ3v) is 4.40. The van der Waals surface area contributed by atoms with Crippen LogP contribution >= 0.6 is 0 Å². The van der Waals surface area contributed by atoms with Gasteiger partial charge in [0.05, 0.1) is 25.7 Å². The third kappa shape index (κ3) is 4.11.